The second-order valence-electron chi connectivity index (χ2n) is 12.3. The van der Waals surface area contributed by atoms with Gasteiger partial charge in [-0.15, -0.1) is 0 Å². The molecule has 0 spiro atoms. The van der Waals surface area contributed by atoms with Gasteiger partial charge in [0.25, 0.3) is 11.8 Å². The molecule has 0 N–H and O–H groups in total. The molecule has 2 aliphatic rings. The summed E-state index contributed by atoms with van der Waals surface area (Å²) < 4.78 is 23.1. The first kappa shape index (κ1) is 31.6. The van der Waals surface area contributed by atoms with Crippen LogP contribution in [-0.4, -0.2) is 79.9 Å². The number of likely N-dealkylation sites (tertiary alicyclic amines) is 1. The van der Waals surface area contributed by atoms with Crippen LogP contribution in [0.3, 0.4) is 0 Å². The number of ether oxygens (including phenoxy) is 1. The number of imidazole rings is 1. The predicted octanol–water partition coefficient (Wildman–Crippen LogP) is 4.01. The molecule has 6 rings (SSSR count). The molecule has 4 aromatic rings. The van der Waals surface area contributed by atoms with Gasteiger partial charge >= 0.3 is 11.8 Å². The van der Waals surface area contributed by atoms with E-state index in [1.165, 1.54) is 30.3 Å². The molecular weight excluding hydrogens is 607 g/mol. The van der Waals surface area contributed by atoms with E-state index in [2.05, 4.69) is 4.98 Å². The van der Waals surface area contributed by atoms with Crippen LogP contribution >= 0.6 is 0 Å². The summed E-state index contributed by atoms with van der Waals surface area (Å²) in [6.07, 6.45) is 1.92. The first-order valence-electron chi connectivity index (χ1n) is 15.3. The Morgan fingerprint density at radius 1 is 1.11 bits per heavy atom. The van der Waals surface area contributed by atoms with Crippen LogP contribution < -0.4 is 0 Å². The number of hydrogen-bond acceptors (Lipinski definition) is 7. The Balaban J connectivity index is 1.49. The van der Waals surface area contributed by atoms with Gasteiger partial charge in [0.15, 0.2) is 5.54 Å². The summed E-state index contributed by atoms with van der Waals surface area (Å²) in [5.41, 5.74) is 1.60. The quantitative estimate of drug-likeness (QED) is 0.153. The summed E-state index contributed by atoms with van der Waals surface area (Å²) in [7, 11) is 4.60. The van der Waals surface area contributed by atoms with Gasteiger partial charge in [-0.25, -0.2) is 9.18 Å². The number of aryl methyl sites for hydroxylation is 2. The lowest BCUT2D eigenvalue weighted by Crippen LogP contribution is -2.58. The molecule has 1 fully saturated rings. The highest BCUT2D eigenvalue weighted by atomic mass is 19.1. The number of rotatable bonds is 9. The van der Waals surface area contributed by atoms with Crippen LogP contribution in [0.1, 0.15) is 49.4 Å². The maximum atomic E-state index is 14.2. The topological polar surface area (TPSA) is 133 Å². The Labute approximate surface area is 270 Å². The fourth-order valence-electron chi connectivity index (χ4n) is 7.39. The van der Waals surface area contributed by atoms with E-state index in [0.29, 0.717) is 42.2 Å². The fourth-order valence-corrected chi connectivity index (χ4v) is 7.39. The number of esters is 1. The molecule has 2 aromatic heterocycles. The van der Waals surface area contributed by atoms with E-state index in [-0.39, 0.29) is 36.5 Å². The van der Waals surface area contributed by atoms with Crippen LogP contribution in [0.25, 0.3) is 0 Å². The fraction of sp³-hybridized carbons (Fsp3) is 0.353. The third kappa shape index (κ3) is 5.34. The molecule has 0 bridgehead atoms. The van der Waals surface area contributed by atoms with Crippen LogP contribution in [-0.2, 0) is 35.5 Å². The molecule has 0 unspecified atom stereocenters. The minimum atomic E-state index is -1.50. The highest BCUT2D eigenvalue weighted by Crippen LogP contribution is 2.55. The van der Waals surface area contributed by atoms with E-state index in [9.17, 15) is 28.9 Å². The van der Waals surface area contributed by atoms with Crippen molar-refractivity contribution < 1.29 is 28.4 Å². The summed E-state index contributed by atoms with van der Waals surface area (Å²) in [5, 5.41) is 11.3. The number of hydrogen-bond donors (Lipinski definition) is 0. The molecule has 13 heteroatoms. The molecule has 47 heavy (non-hydrogen) atoms. The minimum absolute atomic E-state index is 0.0686. The van der Waals surface area contributed by atoms with Crippen molar-refractivity contribution in [2.75, 3.05) is 27.7 Å². The van der Waals surface area contributed by atoms with Crippen molar-refractivity contribution in [2.45, 2.75) is 44.3 Å². The second kappa shape index (κ2) is 12.1. The molecule has 0 saturated carbocycles. The number of amides is 2. The molecule has 3 atom stereocenters. The number of aromatic nitrogens is 3. The van der Waals surface area contributed by atoms with Crippen molar-refractivity contribution in [1.82, 2.24) is 23.9 Å². The minimum Gasteiger partial charge on any atom is -0.467 e. The molecule has 3 heterocycles. The van der Waals surface area contributed by atoms with Crippen LogP contribution in [0.15, 0.2) is 66.9 Å². The van der Waals surface area contributed by atoms with Crippen LogP contribution in [0.5, 0.6) is 0 Å². The third-order valence-electron chi connectivity index (χ3n) is 9.45. The van der Waals surface area contributed by atoms with Crippen molar-refractivity contribution >= 4 is 23.6 Å². The molecule has 12 nitrogen and oxygen atoms in total. The van der Waals surface area contributed by atoms with Gasteiger partial charge in [0.2, 0.25) is 5.82 Å². The Morgan fingerprint density at radius 2 is 1.81 bits per heavy atom. The largest absolute Gasteiger partial charge is 0.467 e. The average molecular weight is 643 g/mol. The summed E-state index contributed by atoms with van der Waals surface area (Å²) in [6, 6.07) is 16.4. The smallest absolute Gasteiger partial charge is 0.381 e. The summed E-state index contributed by atoms with van der Waals surface area (Å²) in [6.45, 7) is 2.57. The Bertz CT molecular complexity index is 1870. The Morgan fingerprint density at radius 3 is 2.43 bits per heavy atom. The molecular formula is C34H35FN6O6. The van der Waals surface area contributed by atoms with E-state index >= 15 is 0 Å². The van der Waals surface area contributed by atoms with E-state index in [1.54, 1.807) is 66.9 Å². The number of carbonyl (C=O) groups is 3. The Hall–Kier alpha value is -5.33. The number of fused-ring (bicyclic) bond motifs is 3. The lowest BCUT2D eigenvalue weighted by Gasteiger charge is -2.40. The van der Waals surface area contributed by atoms with E-state index < -0.39 is 28.2 Å². The van der Waals surface area contributed by atoms with Crippen molar-refractivity contribution in [2.24, 2.45) is 5.92 Å². The number of carbonyl (C=O) groups excluding carboxylic acids is 3. The highest BCUT2D eigenvalue weighted by Gasteiger charge is 2.64. The highest BCUT2D eigenvalue weighted by molar-refractivity contribution is 6.00. The molecule has 1 aliphatic heterocycles. The van der Waals surface area contributed by atoms with E-state index in [1.807, 2.05) is 16.7 Å². The zero-order valence-corrected chi connectivity index (χ0v) is 26.6. The van der Waals surface area contributed by atoms with Crippen molar-refractivity contribution in [3.63, 3.8) is 0 Å². The second-order valence-corrected chi connectivity index (χ2v) is 12.3. The maximum absolute atomic E-state index is 14.2. The van der Waals surface area contributed by atoms with Crippen LogP contribution in [0.2, 0.25) is 0 Å². The first-order valence-corrected chi connectivity index (χ1v) is 15.3. The number of benzene rings is 2. The van der Waals surface area contributed by atoms with E-state index in [0.717, 1.165) is 11.3 Å². The van der Waals surface area contributed by atoms with Gasteiger partial charge in [-0.3, -0.25) is 9.59 Å². The summed E-state index contributed by atoms with van der Waals surface area (Å²) >= 11 is 0. The Kier molecular flexibility index (Phi) is 8.16. The zero-order valence-electron chi connectivity index (χ0n) is 26.6. The van der Waals surface area contributed by atoms with E-state index in [4.69, 9.17) is 4.74 Å². The molecule has 1 saturated heterocycles. The molecule has 0 radical (unpaired) electrons. The van der Waals surface area contributed by atoms with Gasteiger partial charge in [0, 0.05) is 64.2 Å². The average Bonchev–Trinajstić information content (AvgIpc) is 3.79. The monoisotopic (exact) mass is 642 g/mol. The summed E-state index contributed by atoms with van der Waals surface area (Å²) in [4.78, 5) is 59.9. The predicted molar refractivity (Wildman–Crippen MR) is 168 cm³/mol. The first-order chi connectivity index (χ1) is 22.5. The van der Waals surface area contributed by atoms with Crippen molar-refractivity contribution in [3.05, 3.63) is 117 Å². The van der Waals surface area contributed by atoms with Gasteiger partial charge in [-0.2, -0.15) is 0 Å². The molecule has 1 aliphatic carbocycles. The van der Waals surface area contributed by atoms with Crippen LogP contribution in [0.4, 0.5) is 10.2 Å². The summed E-state index contributed by atoms with van der Waals surface area (Å²) in [5.74, 6) is -2.10. The third-order valence-corrected chi connectivity index (χ3v) is 9.45. The molecule has 2 aromatic carbocycles. The number of nitrogens with zero attached hydrogens (tertiary/aromatic N) is 6. The van der Waals surface area contributed by atoms with Crippen molar-refractivity contribution in [3.8, 4) is 0 Å². The lowest BCUT2D eigenvalue weighted by molar-refractivity contribution is -0.389. The van der Waals surface area contributed by atoms with Crippen LogP contribution in [0, 0.1) is 28.8 Å². The number of methoxy groups -OCH3 is 1. The normalized spacial score (nSPS) is 19.7. The SMILES string of the molecule is COC(=O)[C@@]1(Cc2ccc(F)cc2)[C@H]2c3cc(C(=O)N(C)C)n(CCn4cc([N+](=O)[O-])nc4C)c3C[C@H]2CN1C(=O)c1ccccc1. The molecule has 2 amide bonds. The van der Waals surface area contributed by atoms with Gasteiger partial charge < -0.3 is 33.8 Å². The van der Waals surface area contributed by atoms with Crippen molar-refractivity contribution in [1.29, 1.82) is 0 Å². The van der Waals surface area contributed by atoms with Gasteiger partial charge in [-0.1, -0.05) is 30.3 Å². The molecule has 244 valence electrons. The van der Waals surface area contributed by atoms with Gasteiger partial charge in [-0.05, 0) is 63.7 Å². The maximum Gasteiger partial charge on any atom is 0.381 e. The van der Waals surface area contributed by atoms with Gasteiger partial charge in [0.05, 0.1) is 7.11 Å². The lowest BCUT2D eigenvalue weighted by atomic mass is 9.75. The number of nitro groups is 1. The van der Waals surface area contributed by atoms with Gasteiger partial charge in [0.1, 0.15) is 17.7 Å². The standard InChI is InChI=1S/C34H35FN6O6/c1-21-36-29(41(45)46)20-38(21)14-15-39-27-16-24-19-40(31(42)23-8-6-5-7-9-23)34(33(44)47-4,18-22-10-12-25(35)13-11-22)30(24)26(27)17-28(39)32(43)37(2)3/h5-13,17,20,24,30H,14-16,18-19H2,1-4H3/t24-,30+,34+/m0/s1. The zero-order chi connectivity index (χ0) is 33.6. The number of halogens is 1.